The van der Waals surface area contributed by atoms with E-state index in [1.54, 1.807) is 6.20 Å². The van der Waals surface area contributed by atoms with E-state index in [9.17, 15) is 5.11 Å². The van der Waals surface area contributed by atoms with Crippen molar-refractivity contribution in [1.29, 1.82) is 0 Å². The number of rotatable bonds is 5. The van der Waals surface area contributed by atoms with E-state index in [4.69, 9.17) is 4.74 Å². The Hall–Kier alpha value is -1.45. The second kappa shape index (κ2) is 5.90. The van der Waals surface area contributed by atoms with E-state index >= 15 is 0 Å². The third kappa shape index (κ3) is 2.69. The molecule has 0 amide bonds. The van der Waals surface area contributed by atoms with Crippen LogP contribution in [-0.2, 0) is 4.74 Å². The molecule has 1 N–H and O–H groups in total. The maximum absolute atomic E-state index is 10.5. The molecule has 3 rings (SSSR count). The number of aromatic nitrogens is 1. The Bertz CT molecular complexity index is 573. The Morgan fingerprint density at radius 1 is 1.30 bits per heavy atom. The first kappa shape index (κ1) is 13.5. The molecule has 1 unspecified atom stereocenters. The molecule has 1 saturated carbocycles. The summed E-state index contributed by atoms with van der Waals surface area (Å²) >= 11 is 0. The first-order valence-corrected chi connectivity index (χ1v) is 7.40. The second-order valence-electron chi connectivity index (χ2n) is 5.62. The first-order chi connectivity index (χ1) is 9.78. The zero-order valence-corrected chi connectivity index (χ0v) is 11.8. The number of hydrogen-bond acceptors (Lipinski definition) is 3. The van der Waals surface area contributed by atoms with Gasteiger partial charge in [0.25, 0.3) is 0 Å². The third-order valence-corrected chi connectivity index (χ3v) is 4.21. The number of hydrogen-bond donors (Lipinski definition) is 1. The molecule has 1 aromatic heterocycles. The molecule has 3 nitrogen and oxygen atoms in total. The largest absolute Gasteiger partial charge is 0.388 e. The Morgan fingerprint density at radius 2 is 2.10 bits per heavy atom. The number of fused-ring (bicyclic) bond motifs is 1. The van der Waals surface area contributed by atoms with Crippen LogP contribution in [0.15, 0.2) is 36.7 Å². The molecular formula is C17H21NO2. The van der Waals surface area contributed by atoms with Gasteiger partial charge in [0.2, 0.25) is 0 Å². The molecule has 0 bridgehead atoms. The maximum Gasteiger partial charge on any atom is 0.0813 e. The highest BCUT2D eigenvalue weighted by Gasteiger charge is 2.31. The summed E-state index contributed by atoms with van der Waals surface area (Å²) in [6.45, 7) is 2.82. The zero-order valence-electron chi connectivity index (χ0n) is 11.8. The zero-order chi connectivity index (χ0) is 13.9. The number of benzene rings is 1. The molecule has 0 radical (unpaired) electrons. The monoisotopic (exact) mass is 271 g/mol. The van der Waals surface area contributed by atoms with Crippen LogP contribution in [0.3, 0.4) is 0 Å². The highest BCUT2D eigenvalue weighted by atomic mass is 16.5. The van der Waals surface area contributed by atoms with Gasteiger partial charge in [-0.05, 0) is 37.5 Å². The van der Waals surface area contributed by atoms with Gasteiger partial charge in [-0.1, -0.05) is 24.3 Å². The van der Waals surface area contributed by atoms with Crippen LogP contribution in [-0.4, -0.2) is 22.8 Å². The van der Waals surface area contributed by atoms with Gasteiger partial charge in [0, 0.05) is 30.0 Å². The molecule has 1 heterocycles. The lowest BCUT2D eigenvalue weighted by molar-refractivity contribution is -0.0379. The summed E-state index contributed by atoms with van der Waals surface area (Å²) in [5.74, 6) is 0.570. The van der Waals surface area contributed by atoms with Crippen LogP contribution >= 0.6 is 0 Å². The predicted molar refractivity (Wildman–Crippen MR) is 79.5 cm³/mol. The Morgan fingerprint density at radius 3 is 2.90 bits per heavy atom. The van der Waals surface area contributed by atoms with Crippen LogP contribution in [0.2, 0.25) is 0 Å². The molecule has 3 heteroatoms. The van der Waals surface area contributed by atoms with Crippen molar-refractivity contribution in [1.82, 2.24) is 4.98 Å². The van der Waals surface area contributed by atoms with E-state index in [1.807, 2.05) is 31.3 Å². The van der Waals surface area contributed by atoms with Gasteiger partial charge in [-0.2, -0.15) is 0 Å². The molecular weight excluding hydrogens is 250 g/mol. The fourth-order valence-electron chi connectivity index (χ4n) is 3.09. The number of aliphatic hydroxyl groups is 1. The van der Waals surface area contributed by atoms with Gasteiger partial charge in [-0.25, -0.2) is 0 Å². The van der Waals surface area contributed by atoms with E-state index in [-0.39, 0.29) is 0 Å². The minimum absolute atomic E-state index is 0.405. The lowest BCUT2D eigenvalue weighted by Crippen LogP contribution is -2.32. The lowest BCUT2D eigenvalue weighted by Gasteiger charge is -2.36. The average molecular weight is 271 g/mol. The molecule has 1 atom stereocenters. The van der Waals surface area contributed by atoms with Crippen molar-refractivity contribution in [2.45, 2.75) is 38.4 Å². The lowest BCUT2D eigenvalue weighted by atomic mass is 9.77. The Labute approximate surface area is 119 Å². The van der Waals surface area contributed by atoms with Gasteiger partial charge in [0.1, 0.15) is 0 Å². The van der Waals surface area contributed by atoms with Crippen molar-refractivity contribution in [2.75, 3.05) is 6.61 Å². The minimum Gasteiger partial charge on any atom is -0.388 e. The van der Waals surface area contributed by atoms with Crippen LogP contribution < -0.4 is 0 Å². The highest BCUT2D eigenvalue weighted by molar-refractivity contribution is 5.84. The summed E-state index contributed by atoms with van der Waals surface area (Å²) in [5, 5.41) is 12.7. The SMILES string of the molecule is CCOC1CC(CC(O)c2cncc3ccccc23)C1. The van der Waals surface area contributed by atoms with Gasteiger partial charge in [-0.15, -0.1) is 0 Å². The molecule has 0 spiro atoms. The molecule has 2 aromatic rings. The van der Waals surface area contributed by atoms with Crippen molar-refractivity contribution in [2.24, 2.45) is 5.92 Å². The van der Waals surface area contributed by atoms with E-state index in [0.717, 1.165) is 42.2 Å². The van der Waals surface area contributed by atoms with Gasteiger partial charge in [-0.3, -0.25) is 4.98 Å². The normalized spacial score (nSPS) is 23.5. The second-order valence-corrected chi connectivity index (χ2v) is 5.62. The molecule has 1 aromatic carbocycles. The van der Waals surface area contributed by atoms with Crippen molar-refractivity contribution in [3.8, 4) is 0 Å². The van der Waals surface area contributed by atoms with Crippen LogP contribution in [0.1, 0.15) is 37.9 Å². The molecule has 1 aliphatic carbocycles. The molecule has 106 valence electrons. The Kier molecular flexibility index (Phi) is 3.99. The smallest absolute Gasteiger partial charge is 0.0813 e. The van der Waals surface area contributed by atoms with Crippen LogP contribution in [0.25, 0.3) is 10.8 Å². The van der Waals surface area contributed by atoms with Crippen molar-refractivity contribution in [3.63, 3.8) is 0 Å². The van der Waals surface area contributed by atoms with E-state index in [2.05, 4.69) is 11.1 Å². The minimum atomic E-state index is -0.429. The maximum atomic E-state index is 10.5. The average Bonchev–Trinajstić information content (AvgIpc) is 2.44. The van der Waals surface area contributed by atoms with E-state index in [1.165, 1.54) is 0 Å². The number of pyridine rings is 1. The predicted octanol–water partition coefficient (Wildman–Crippen LogP) is 3.47. The van der Waals surface area contributed by atoms with E-state index < -0.39 is 6.10 Å². The molecule has 1 fully saturated rings. The highest BCUT2D eigenvalue weighted by Crippen LogP contribution is 2.38. The Balaban J connectivity index is 1.69. The van der Waals surface area contributed by atoms with Crippen LogP contribution in [0.5, 0.6) is 0 Å². The molecule has 1 aliphatic rings. The van der Waals surface area contributed by atoms with Gasteiger partial charge in [0.15, 0.2) is 0 Å². The fraction of sp³-hybridized carbons (Fsp3) is 0.471. The molecule has 0 saturated heterocycles. The van der Waals surface area contributed by atoms with Crippen LogP contribution in [0.4, 0.5) is 0 Å². The van der Waals surface area contributed by atoms with Gasteiger partial charge >= 0.3 is 0 Å². The summed E-state index contributed by atoms with van der Waals surface area (Å²) in [7, 11) is 0. The number of aliphatic hydroxyl groups excluding tert-OH is 1. The number of ether oxygens (including phenoxy) is 1. The summed E-state index contributed by atoms with van der Waals surface area (Å²) < 4.78 is 5.57. The first-order valence-electron chi connectivity index (χ1n) is 7.40. The summed E-state index contributed by atoms with van der Waals surface area (Å²) in [5.41, 5.74) is 0.947. The third-order valence-electron chi connectivity index (χ3n) is 4.21. The summed E-state index contributed by atoms with van der Waals surface area (Å²) in [4.78, 5) is 4.24. The van der Waals surface area contributed by atoms with Crippen molar-refractivity contribution in [3.05, 3.63) is 42.2 Å². The van der Waals surface area contributed by atoms with Gasteiger partial charge in [0.05, 0.1) is 12.2 Å². The summed E-state index contributed by atoms with van der Waals surface area (Å²) in [6, 6.07) is 8.10. The quantitative estimate of drug-likeness (QED) is 0.905. The summed E-state index contributed by atoms with van der Waals surface area (Å²) in [6.07, 6.45) is 6.57. The van der Waals surface area contributed by atoms with Crippen molar-refractivity contribution >= 4 is 10.8 Å². The van der Waals surface area contributed by atoms with E-state index in [0.29, 0.717) is 12.0 Å². The number of nitrogens with zero attached hydrogens (tertiary/aromatic N) is 1. The standard InChI is InChI=1S/C17H21NO2/c1-2-20-14-7-12(8-14)9-17(19)16-11-18-10-13-5-3-4-6-15(13)16/h3-6,10-12,14,17,19H,2,7-9H2,1H3. The fourth-order valence-corrected chi connectivity index (χ4v) is 3.09. The van der Waals surface area contributed by atoms with Gasteiger partial charge < -0.3 is 9.84 Å². The van der Waals surface area contributed by atoms with Crippen molar-refractivity contribution < 1.29 is 9.84 Å². The van der Waals surface area contributed by atoms with Crippen LogP contribution in [0, 0.1) is 5.92 Å². The topological polar surface area (TPSA) is 42.4 Å². The molecule has 0 aliphatic heterocycles. The molecule has 20 heavy (non-hydrogen) atoms.